The maximum absolute atomic E-state index is 3.63. The predicted molar refractivity (Wildman–Crippen MR) is 46.1 cm³/mol. The molecule has 0 heterocycles. The van der Waals surface area contributed by atoms with Gasteiger partial charge in [-0.15, -0.1) is 6.58 Å². The van der Waals surface area contributed by atoms with Crippen molar-refractivity contribution < 1.29 is 0 Å². The van der Waals surface area contributed by atoms with Crippen LogP contribution in [0.25, 0.3) is 0 Å². The van der Waals surface area contributed by atoms with Crippen LogP contribution in [-0.2, 0) is 0 Å². The number of hydrogen-bond donors (Lipinski definition) is 1. The lowest BCUT2D eigenvalue weighted by atomic mass is 10.4. The van der Waals surface area contributed by atoms with Gasteiger partial charge in [0.1, 0.15) is 0 Å². The molecule has 0 rings (SSSR count). The van der Waals surface area contributed by atoms with E-state index in [1.165, 1.54) is 5.75 Å². The minimum atomic E-state index is 1.07. The fourth-order valence-corrected chi connectivity index (χ4v) is 0.852. The van der Waals surface area contributed by atoms with Gasteiger partial charge in [0.15, 0.2) is 0 Å². The molecule has 2 heteroatoms. The second kappa shape index (κ2) is 8.05. The highest BCUT2D eigenvalue weighted by Gasteiger charge is 1.81. The lowest BCUT2D eigenvalue weighted by Gasteiger charge is -1.98. The Morgan fingerprint density at radius 2 is 2.33 bits per heavy atom. The third-order valence-corrected chi connectivity index (χ3v) is 1.62. The molecule has 0 atom stereocenters. The maximum Gasteiger partial charge on any atom is 0.00553 e. The first-order chi connectivity index (χ1) is 4.41. The molecular weight excluding hydrogens is 130 g/mol. The van der Waals surface area contributed by atoms with E-state index in [1.54, 1.807) is 0 Å². The van der Waals surface area contributed by atoms with Crippen LogP contribution in [-0.4, -0.2) is 25.1 Å². The molecule has 0 unspecified atom stereocenters. The average Bonchev–Trinajstić information content (AvgIpc) is 1.89. The lowest BCUT2D eigenvalue weighted by molar-refractivity contribution is 0.732. The third kappa shape index (κ3) is 8.05. The van der Waals surface area contributed by atoms with Crippen molar-refractivity contribution in [3.8, 4) is 0 Å². The molecule has 0 aromatic heterocycles. The van der Waals surface area contributed by atoms with Crippen molar-refractivity contribution in [3.05, 3.63) is 12.7 Å². The van der Waals surface area contributed by atoms with Crippen LogP contribution in [0.15, 0.2) is 12.7 Å². The van der Waals surface area contributed by atoms with E-state index in [9.17, 15) is 0 Å². The predicted octanol–water partition coefficient (Wildman–Crippen LogP) is 1.52. The van der Waals surface area contributed by atoms with Crippen LogP contribution in [0.4, 0.5) is 0 Å². The van der Waals surface area contributed by atoms with Gasteiger partial charge in [0.25, 0.3) is 0 Å². The molecular formula is C7H15NS. The van der Waals surface area contributed by atoms with Crippen LogP contribution in [0.2, 0.25) is 0 Å². The van der Waals surface area contributed by atoms with Crippen LogP contribution < -0.4 is 5.32 Å². The van der Waals surface area contributed by atoms with Crippen molar-refractivity contribution in [3.63, 3.8) is 0 Å². The molecule has 54 valence electrons. The Bertz CT molecular complexity index is 63.9. The Kier molecular flexibility index (Phi) is 8.09. The molecule has 0 aliphatic heterocycles. The van der Waals surface area contributed by atoms with Gasteiger partial charge in [0, 0.05) is 12.3 Å². The maximum atomic E-state index is 3.63. The first-order valence-electron chi connectivity index (χ1n) is 3.22. The molecule has 0 aromatic rings. The number of rotatable bonds is 6. The summed E-state index contributed by atoms with van der Waals surface area (Å²) in [4.78, 5) is 0. The van der Waals surface area contributed by atoms with E-state index in [-0.39, 0.29) is 0 Å². The molecule has 0 saturated carbocycles. The van der Waals surface area contributed by atoms with E-state index in [4.69, 9.17) is 0 Å². The van der Waals surface area contributed by atoms with Gasteiger partial charge in [-0.3, -0.25) is 0 Å². The van der Waals surface area contributed by atoms with Gasteiger partial charge in [-0.1, -0.05) is 6.08 Å². The molecule has 0 aliphatic rings. The first kappa shape index (κ1) is 9.05. The summed E-state index contributed by atoms with van der Waals surface area (Å²) in [5.74, 6) is 1.21. The van der Waals surface area contributed by atoms with Gasteiger partial charge < -0.3 is 5.32 Å². The van der Waals surface area contributed by atoms with E-state index >= 15 is 0 Å². The number of thioether (sulfide) groups is 1. The van der Waals surface area contributed by atoms with Crippen molar-refractivity contribution in [1.29, 1.82) is 0 Å². The highest BCUT2D eigenvalue weighted by Crippen LogP contribution is 1.86. The zero-order chi connectivity index (χ0) is 6.95. The van der Waals surface area contributed by atoms with Crippen molar-refractivity contribution >= 4 is 11.8 Å². The van der Waals surface area contributed by atoms with Crippen molar-refractivity contribution in [2.24, 2.45) is 0 Å². The van der Waals surface area contributed by atoms with Crippen molar-refractivity contribution in [2.45, 2.75) is 6.42 Å². The third-order valence-electron chi connectivity index (χ3n) is 1.01. The van der Waals surface area contributed by atoms with E-state index in [0.717, 1.165) is 19.5 Å². The zero-order valence-electron chi connectivity index (χ0n) is 6.02. The molecule has 1 nitrogen and oxygen atoms in total. The molecule has 0 bridgehead atoms. The highest BCUT2D eigenvalue weighted by atomic mass is 32.2. The highest BCUT2D eigenvalue weighted by molar-refractivity contribution is 7.98. The molecule has 1 N–H and O–H groups in total. The minimum Gasteiger partial charge on any atom is -0.316 e. The Morgan fingerprint density at radius 3 is 2.89 bits per heavy atom. The van der Waals surface area contributed by atoms with Crippen LogP contribution in [0.5, 0.6) is 0 Å². The van der Waals surface area contributed by atoms with Gasteiger partial charge in [0.2, 0.25) is 0 Å². The molecule has 9 heavy (non-hydrogen) atoms. The SMILES string of the molecule is C=CCCNCCSC. The van der Waals surface area contributed by atoms with Crippen LogP contribution in [0.1, 0.15) is 6.42 Å². The summed E-state index contributed by atoms with van der Waals surface area (Å²) in [7, 11) is 0. The second-order valence-electron chi connectivity index (χ2n) is 1.82. The smallest absolute Gasteiger partial charge is 0.00553 e. The van der Waals surface area contributed by atoms with Gasteiger partial charge in [-0.25, -0.2) is 0 Å². The Morgan fingerprint density at radius 1 is 1.56 bits per heavy atom. The molecule has 0 aliphatic carbocycles. The molecule has 0 amide bonds. The average molecular weight is 145 g/mol. The summed E-state index contributed by atoms with van der Waals surface area (Å²) in [5.41, 5.74) is 0. The van der Waals surface area contributed by atoms with Crippen LogP contribution in [0, 0.1) is 0 Å². The van der Waals surface area contributed by atoms with Crippen molar-refractivity contribution in [2.75, 3.05) is 25.1 Å². The minimum absolute atomic E-state index is 1.07. The largest absolute Gasteiger partial charge is 0.316 e. The summed E-state index contributed by atoms with van der Waals surface area (Å²) in [6, 6.07) is 0. The molecule has 0 aromatic carbocycles. The van der Waals surface area contributed by atoms with E-state index in [0.29, 0.717) is 0 Å². The molecule has 0 spiro atoms. The lowest BCUT2D eigenvalue weighted by Crippen LogP contribution is -2.17. The quantitative estimate of drug-likeness (QED) is 0.449. The standard InChI is InChI=1S/C7H15NS/c1-3-4-5-8-6-7-9-2/h3,8H,1,4-7H2,2H3. The Hall–Kier alpha value is 0.0500. The Labute approximate surface area is 61.9 Å². The number of nitrogens with one attached hydrogen (secondary N) is 1. The van der Waals surface area contributed by atoms with Crippen LogP contribution in [0.3, 0.4) is 0 Å². The summed E-state index contributed by atoms with van der Waals surface area (Å²) >= 11 is 1.87. The van der Waals surface area contributed by atoms with Gasteiger partial charge in [-0.05, 0) is 19.2 Å². The van der Waals surface area contributed by atoms with E-state index < -0.39 is 0 Å². The topological polar surface area (TPSA) is 12.0 Å². The summed E-state index contributed by atoms with van der Waals surface area (Å²) in [5, 5.41) is 3.30. The van der Waals surface area contributed by atoms with Gasteiger partial charge in [0.05, 0.1) is 0 Å². The molecule has 0 fully saturated rings. The van der Waals surface area contributed by atoms with Crippen molar-refractivity contribution in [1.82, 2.24) is 5.32 Å². The zero-order valence-corrected chi connectivity index (χ0v) is 6.84. The Balaban J connectivity index is 2.66. The van der Waals surface area contributed by atoms with Gasteiger partial charge >= 0.3 is 0 Å². The monoisotopic (exact) mass is 145 g/mol. The fourth-order valence-electron chi connectivity index (χ4n) is 0.503. The number of hydrogen-bond acceptors (Lipinski definition) is 2. The second-order valence-corrected chi connectivity index (χ2v) is 2.81. The summed E-state index contributed by atoms with van der Waals surface area (Å²) < 4.78 is 0. The molecule has 0 saturated heterocycles. The summed E-state index contributed by atoms with van der Waals surface area (Å²) in [6.07, 6.45) is 5.13. The molecule has 0 radical (unpaired) electrons. The van der Waals surface area contributed by atoms with E-state index in [1.807, 2.05) is 17.8 Å². The van der Waals surface area contributed by atoms with Crippen LogP contribution >= 0.6 is 11.8 Å². The summed E-state index contributed by atoms with van der Waals surface area (Å²) in [6.45, 7) is 5.83. The van der Waals surface area contributed by atoms with E-state index in [2.05, 4.69) is 18.2 Å². The first-order valence-corrected chi connectivity index (χ1v) is 4.61. The fraction of sp³-hybridized carbons (Fsp3) is 0.714. The van der Waals surface area contributed by atoms with Gasteiger partial charge in [-0.2, -0.15) is 11.8 Å². The normalized spacial score (nSPS) is 9.44.